The summed E-state index contributed by atoms with van der Waals surface area (Å²) in [4.78, 5) is 10.7. The SMILES string of the molecule is CC1OB(c2ccc(C(=O)O)cc2)OC1(C)C. The van der Waals surface area contributed by atoms with Gasteiger partial charge in [0.25, 0.3) is 0 Å². The molecule has 90 valence electrons. The fourth-order valence-electron chi connectivity index (χ4n) is 1.68. The van der Waals surface area contributed by atoms with Crippen LogP contribution in [-0.2, 0) is 9.31 Å². The van der Waals surface area contributed by atoms with Crippen LogP contribution in [0.1, 0.15) is 31.1 Å². The molecule has 1 aliphatic rings. The van der Waals surface area contributed by atoms with Crippen molar-refractivity contribution in [3.05, 3.63) is 29.8 Å². The summed E-state index contributed by atoms with van der Waals surface area (Å²) in [6.07, 6.45) is 0.00616. The minimum absolute atomic E-state index is 0.00616. The molecule has 0 saturated carbocycles. The van der Waals surface area contributed by atoms with Crippen molar-refractivity contribution in [1.82, 2.24) is 0 Å². The Morgan fingerprint density at radius 2 is 1.94 bits per heavy atom. The smallest absolute Gasteiger partial charge is 0.478 e. The van der Waals surface area contributed by atoms with Crippen LogP contribution in [0, 0.1) is 0 Å². The van der Waals surface area contributed by atoms with Crippen molar-refractivity contribution in [3.63, 3.8) is 0 Å². The minimum atomic E-state index is -0.932. The normalized spacial score (nSPS) is 22.8. The van der Waals surface area contributed by atoms with Crippen molar-refractivity contribution < 1.29 is 19.2 Å². The Bertz CT molecular complexity index is 427. The van der Waals surface area contributed by atoms with Crippen LogP contribution in [-0.4, -0.2) is 29.9 Å². The van der Waals surface area contributed by atoms with Gasteiger partial charge >= 0.3 is 13.1 Å². The summed E-state index contributed by atoms with van der Waals surface area (Å²) in [7, 11) is -0.414. The molecule has 1 N–H and O–H groups in total. The van der Waals surface area contributed by atoms with E-state index in [9.17, 15) is 4.79 Å². The van der Waals surface area contributed by atoms with E-state index in [0.29, 0.717) is 0 Å². The molecule has 0 amide bonds. The van der Waals surface area contributed by atoms with Crippen LogP contribution in [0.25, 0.3) is 0 Å². The number of rotatable bonds is 2. The molecule has 1 atom stereocenters. The Hall–Kier alpha value is -1.33. The molecule has 0 bridgehead atoms. The quantitative estimate of drug-likeness (QED) is 0.783. The van der Waals surface area contributed by atoms with Gasteiger partial charge in [-0.25, -0.2) is 4.79 Å². The van der Waals surface area contributed by atoms with Crippen molar-refractivity contribution in [2.75, 3.05) is 0 Å². The Morgan fingerprint density at radius 1 is 1.35 bits per heavy atom. The van der Waals surface area contributed by atoms with E-state index in [1.807, 2.05) is 20.8 Å². The number of aromatic carboxylic acids is 1. The van der Waals surface area contributed by atoms with E-state index in [4.69, 9.17) is 14.4 Å². The Labute approximate surface area is 101 Å². The number of carboxylic acid groups (broad SMARTS) is 1. The third kappa shape index (κ3) is 2.35. The minimum Gasteiger partial charge on any atom is -0.478 e. The zero-order valence-electron chi connectivity index (χ0n) is 10.1. The first-order valence-electron chi connectivity index (χ1n) is 5.57. The molecule has 0 aromatic heterocycles. The molecule has 0 radical (unpaired) electrons. The molecule has 1 unspecified atom stereocenters. The highest BCUT2D eigenvalue weighted by Crippen LogP contribution is 2.26. The van der Waals surface area contributed by atoms with Crippen molar-refractivity contribution >= 4 is 18.6 Å². The highest BCUT2D eigenvalue weighted by atomic mass is 16.7. The zero-order valence-corrected chi connectivity index (χ0v) is 10.1. The number of hydrogen-bond acceptors (Lipinski definition) is 3. The summed E-state index contributed by atoms with van der Waals surface area (Å²) in [5.41, 5.74) is 0.780. The summed E-state index contributed by atoms with van der Waals surface area (Å²) < 4.78 is 11.5. The largest absolute Gasteiger partial charge is 0.494 e. The molecule has 0 aliphatic carbocycles. The van der Waals surface area contributed by atoms with Gasteiger partial charge in [-0.2, -0.15) is 0 Å². The lowest BCUT2D eigenvalue weighted by Gasteiger charge is -2.21. The second-order valence-corrected chi connectivity index (χ2v) is 4.76. The molecule has 5 heteroatoms. The highest BCUT2D eigenvalue weighted by Gasteiger charge is 2.43. The second-order valence-electron chi connectivity index (χ2n) is 4.76. The summed E-state index contributed by atoms with van der Waals surface area (Å²) in [6.45, 7) is 5.91. The van der Waals surface area contributed by atoms with Gasteiger partial charge < -0.3 is 14.4 Å². The molecule has 1 heterocycles. The lowest BCUT2D eigenvalue weighted by atomic mass is 9.79. The highest BCUT2D eigenvalue weighted by molar-refractivity contribution is 6.62. The second kappa shape index (κ2) is 4.16. The standard InChI is InChI=1S/C12H15BO4/c1-8-12(2,3)17-13(16-8)10-6-4-9(5-7-10)11(14)15/h4-8H,1-3H3,(H,14,15). The Kier molecular flexibility index (Phi) is 2.97. The maximum atomic E-state index is 10.7. The summed E-state index contributed by atoms with van der Waals surface area (Å²) >= 11 is 0. The van der Waals surface area contributed by atoms with E-state index < -0.39 is 13.1 Å². The molecule has 4 nitrogen and oxygen atoms in total. The van der Waals surface area contributed by atoms with E-state index in [2.05, 4.69) is 0 Å². The van der Waals surface area contributed by atoms with Crippen molar-refractivity contribution in [2.45, 2.75) is 32.5 Å². The van der Waals surface area contributed by atoms with Gasteiger partial charge in [0.1, 0.15) is 0 Å². The first-order valence-corrected chi connectivity index (χ1v) is 5.57. The maximum absolute atomic E-state index is 10.7. The zero-order chi connectivity index (χ0) is 12.6. The molecule has 1 aromatic rings. The number of hydrogen-bond donors (Lipinski definition) is 1. The average molecular weight is 234 g/mol. The lowest BCUT2D eigenvalue weighted by molar-refractivity contribution is 0.0697. The number of carboxylic acids is 1. The van der Waals surface area contributed by atoms with E-state index in [-0.39, 0.29) is 17.3 Å². The van der Waals surface area contributed by atoms with Gasteiger partial charge in [0.15, 0.2) is 0 Å². The van der Waals surface area contributed by atoms with Crippen LogP contribution in [0.2, 0.25) is 0 Å². The first-order chi connectivity index (χ1) is 7.90. The van der Waals surface area contributed by atoms with Gasteiger partial charge in [-0.15, -0.1) is 0 Å². The number of benzene rings is 1. The van der Waals surface area contributed by atoms with E-state index in [0.717, 1.165) is 5.46 Å². The molecular weight excluding hydrogens is 219 g/mol. The molecule has 0 spiro atoms. The van der Waals surface area contributed by atoms with Crippen LogP contribution in [0.15, 0.2) is 24.3 Å². The first kappa shape index (κ1) is 12.1. The topological polar surface area (TPSA) is 55.8 Å². The van der Waals surface area contributed by atoms with Gasteiger partial charge in [-0.1, -0.05) is 12.1 Å². The average Bonchev–Trinajstić information content (AvgIpc) is 2.54. The van der Waals surface area contributed by atoms with E-state index in [1.54, 1.807) is 24.3 Å². The lowest BCUT2D eigenvalue weighted by Crippen LogP contribution is -2.34. The van der Waals surface area contributed by atoms with Gasteiger partial charge in [0.2, 0.25) is 0 Å². The number of carbonyl (C=O) groups is 1. The predicted molar refractivity (Wildman–Crippen MR) is 64.5 cm³/mol. The van der Waals surface area contributed by atoms with Crippen LogP contribution >= 0.6 is 0 Å². The van der Waals surface area contributed by atoms with Crippen molar-refractivity contribution in [2.24, 2.45) is 0 Å². The molecule has 17 heavy (non-hydrogen) atoms. The van der Waals surface area contributed by atoms with Crippen LogP contribution in [0.3, 0.4) is 0 Å². The van der Waals surface area contributed by atoms with Gasteiger partial charge in [-0.05, 0) is 38.4 Å². The van der Waals surface area contributed by atoms with Crippen LogP contribution in [0.4, 0.5) is 0 Å². The summed E-state index contributed by atoms with van der Waals surface area (Å²) in [5.74, 6) is -0.932. The van der Waals surface area contributed by atoms with Gasteiger partial charge in [0.05, 0.1) is 17.3 Å². The van der Waals surface area contributed by atoms with Crippen LogP contribution in [0.5, 0.6) is 0 Å². The van der Waals surface area contributed by atoms with Gasteiger partial charge in [-0.3, -0.25) is 0 Å². The molecule has 1 aliphatic heterocycles. The molecule has 2 rings (SSSR count). The van der Waals surface area contributed by atoms with Crippen molar-refractivity contribution in [1.29, 1.82) is 0 Å². The Morgan fingerprint density at radius 3 is 2.35 bits per heavy atom. The van der Waals surface area contributed by atoms with E-state index in [1.165, 1.54) is 0 Å². The fourth-order valence-corrected chi connectivity index (χ4v) is 1.68. The third-order valence-electron chi connectivity index (χ3n) is 3.15. The third-order valence-corrected chi connectivity index (χ3v) is 3.15. The summed E-state index contributed by atoms with van der Waals surface area (Å²) in [5, 5.41) is 8.80. The summed E-state index contributed by atoms with van der Waals surface area (Å²) in [6, 6.07) is 6.56. The Balaban J connectivity index is 2.17. The van der Waals surface area contributed by atoms with Crippen molar-refractivity contribution in [3.8, 4) is 0 Å². The maximum Gasteiger partial charge on any atom is 0.494 e. The molecule has 1 fully saturated rings. The van der Waals surface area contributed by atoms with Crippen LogP contribution < -0.4 is 5.46 Å². The molecule has 1 saturated heterocycles. The fraction of sp³-hybridized carbons (Fsp3) is 0.417. The predicted octanol–water partition coefficient (Wildman–Crippen LogP) is 1.29. The monoisotopic (exact) mass is 234 g/mol. The molecule has 1 aromatic carbocycles. The molecular formula is C12H15BO4. The van der Waals surface area contributed by atoms with Gasteiger partial charge in [0, 0.05) is 0 Å². The van der Waals surface area contributed by atoms with E-state index >= 15 is 0 Å².